The van der Waals surface area contributed by atoms with Gasteiger partial charge in [-0.1, -0.05) is 22.0 Å². The lowest BCUT2D eigenvalue weighted by Gasteiger charge is -2.19. The molecule has 2 nitrogen and oxygen atoms in total. The van der Waals surface area contributed by atoms with Gasteiger partial charge >= 0.3 is 0 Å². The molecular weight excluding hydrogens is 316 g/mol. The van der Waals surface area contributed by atoms with E-state index in [0.29, 0.717) is 10.2 Å². The Labute approximate surface area is 118 Å². The van der Waals surface area contributed by atoms with Gasteiger partial charge in [-0.05, 0) is 42.0 Å². The number of nitrogens with one attached hydrogen (secondary N) is 1. The van der Waals surface area contributed by atoms with E-state index in [9.17, 15) is 13.9 Å². The fraction of sp³-hybridized carbons (Fsp3) is 0.143. The molecule has 0 aliphatic heterocycles. The van der Waals surface area contributed by atoms with E-state index in [4.69, 9.17) is 0 Å². The molecule has 19 heavy (non-hydrogen) atoms. The minimum Gasteiger partial charge on any atom is -0.394 e. The standard InChI is InChI=1S/C14H12BrF2NO/c15-13-7-10(17)3-6-12(13)14(8-19)18-11-4-1-9(16)2-5-11/h1-7,14,18-19H,8H2. The highest BCUT2D eigenvalue weighted by atomic mass is 79.9. The van der Waals surface area contributed by atoms with Gasteiger partial charge in [-0.15, -0.1) is 0 Å². The Kier molecular flexibility index (Phi) is 4.50. The summed E-state index contributed by atoms with van der Waals surface area (Å²) in [4.78, 5) is 0. The van der Waals surface area contributed by atoms with Crippen LogP contribution < -0.4 is 5.32 Å². The fourth-order valence-electron chi connectivity index (χ4n) is 1.75. The molecule has 2 N–H and O–H groups in total. The summed E-state index contributed by atoms with van der Waals surface area (Å²) in [5.41, 5.74) is 1.41. The van der Waals surface area contributed by atoms with Crippen molar-refractivity contribution in [3.05, 3.63) is 64.1 Å². The summed E-state index contributed by atoms with van der Waals surface area (Å²) in [6.07, 6.45) is 0. The Morgan fingerprint density at radius 1 is 1.05 bits per heavy atom. The first-order valence-electron chi connectivity index (χ1n) is 5.68. The molecule has 0 aromatic heterocycles. The van der Waals surface area contributed by atoms with Crippen LogP contribution in [-0.2, 0) is 0 Å². The van der Waals surface area contributed by atoms with Crippen LogP contribution in [0.2, 0.25) is 0 Å². The number of hydrogen-bond acceptors (Lipinski definition) is 2. The Morgan fingerprint density at radius 2 is 1.68 bits per heavy atom. The van der Waals surface area contributed by atoms with E-state index in [0.717, 1.165) is 5.56 Å². The number of halogens is 3. The Hall–Kier alpha value is -1.46. The van der Waals surface area contributed by atoms with Gasteiger partial charge in [0.1, 0.15) is 11.6 Å². The van der Waals surface area contributed by atoms with Gasteiger partial charge in [0, 0.05) is 10.2 Å². The second kappa shape index (κ2) is 6.12. The Balaban J connectivity index is 2.22. The zero-order chi connectivity index (χ0) is 13.8. The van der Waals surface area contributed by atoms with E-state index in [1.54, 1.807) is 18.2 Å². The Bertz CT molecular complexity index is 560. The van der Waals surface area contributed by atoms with Crippen LogP contribution in [0.5, 0.6) is 0 Å². The van der Waals surface area contributed by atoms with Crippen molar-refractivity contribution in [2.24, 2.45) is 0 Å². The number of rotatable bonds is 4. The molecule has 0 saturated heterocycles. The fourth-order valence-corrected chi connectivity index (χ4v) is 2.38. The first kappa shape index (κ1) is 14.0. The predicted octanol–water partition coefficient (Wildman–Crippen LogP) is 3.87. The van der Waals surface area contributed by atoms with Gasteiger partial charge in [0.25, 0.3) is 0 Å². The van der Waals surface area contributed by atoms with Crippen LogP contribution in [0.1, 0.15) is 11.6 Å². The van der Waals surface area contributed by atoms with Crippen LogP contribution in [0.15, 0.2) is 46.9 Å². The van der Waals surface area contributed by atoms with E-state index in [-0.39, 0.29) is 18.2 Å². The van der Waals surface area contributed by atoms with Crippen LogP contribution in [-0.4, -0.2) is 11.7 Å². The SMILES string of the molecule is OCC(Nc1ccc(F)cc1)c1ccc(F)cc1Br. The van der Waals surface area contributed by atoms with Gasteiger partial charge in [-0.2, -0.15) is 0 Å². The molecular formula is C14H12BrF2NO. The summed E-state index contributed by atoms with van der Waals surface area (Å²) in [6, 6.07) is 9.68. The van der Waals surface area contributed by atoms with Crippen molar-refractivity contribution in [1.82, 2.24) is 0 Å². The van der Waals surface area contributed by atoms with Crippen LogP contribution in [0, 0.1) is 11.6 Å². The highest BCUT2D eigenvalue weighted by Crippen LogP contribution is 2.27. The molecule has 0 bridgehead atoms. The molecule has 0 heterocycles. The molecule has 0 fully saturated rings. The second-order valence-electron chi connectivity index (χ2n) is 4.05. The number of aliphatic hydroxyl groups is 1. The minimum atomic E-state index is -0.402. The maximum absolute atomic E-state index is 13.0. The normalized spacial score (nSPS) is 12.2. The molecule has 0 aliphatic rings. The highest BCUT2D eigenvalue weighted by molar-refractivity contribution is 9.10. The first-order valence-corrected chi connectivity index (χ1v) is 6.47. The maximum Gasteiger partial charge on any atom is 0.124 e. The largest absolute Gasteiger partial charge is 0.394 e. The van der Waals surface area contributed by atoms with Crippen molar-refractivity contribution in [1.29, 1.82) is 0 Å². The van der Waals surface area contributed by atoms with E-state index in [2.05, 4.69) is 21.2 Å². The minimum absolute atomic E-state index is 0.165. The van der Waals surface area contributed by atoms with Crippen molar-refractivity contribution in [2.75, 3.05) is 11.9 Å². The van der Waals surface area contributed by atoms with Gasteiger partial charge in [0.15, 0.2) is 0 Å². The van der Waals surface area contributed by atoms with Crippen LogP contribution in [0.4, 0.5) is 14.5 Å². The molecule has 0 radical (unpaired) electrons. The molecule has 1 unspecified atom stereocenters. The molecule has 0 amide bonds. The molecule has 5 heteroatoms. The topological polar surface area (TPSA) is 32.3 Å². The molecule has 2 rings (SSSR count). The first-order chi connectivity index (χ1) is 9.10. The number of aliphatic hydroxyl groups excluding tert-OH is 1. The molecule has 2 aromatic rings. The molecule has 100 valence electrons. The van der Waals surface area contributed by atoms with Crippen molar-refractivity contribution >= 4 is 21.6 Å². The zero-order valence-corrected chi connectivity index (χ0v) is 11.5. The average Bonchev–Trinajstić information content (AvgIpc) is 2.39. The number of hydrogen-bond donors (Lipinski definition) is 2. The summed E-state index contributed by atoms with van der Waals surface area (Å²) in [5, 5.41) is 12.5. The average molecular weight is 328 g/mol. The highest BCUT2D eigenvalue weighted by Gasteiger charge is 2.14. The van der Waals surface area contributed by atoms with Crippen LogP contribution in [0.3, 0.4) is 0 Å². The monoisotopic (exact) mass is 327 g/mol. The third-order valence-electron chi connectivity index (χ3n) is 2.71. The summed E-state index contributed by atoms with van der Waals surface area (Å²) < 4.78 is 26.4. The number of benzene rings is 2. The van der Waals surface area contributed by atoms with Gasteiger partial charge in [0.05, 0.1) is 12.6 Å². The van der Waals surface area contributed by atoms with E-state index < -0.39 is 6.04 Å². The molecule has 2 aromatic carbocycles. The molecule has 1 atom stereocenters. The van der Waals surface area contributed by atoms with Crippen molar-refractivity contribution in [3.63, 3.8) is 0 Å². The van der Waals surface area contributed by atoms with E-state index >= 15 is 0 Å². The predicted molar refractivity (Wildman–Crippen MR) is 73.9 cm³/mol. The molecule has 0 saturated carbocycles. The van der Waals surface area contributed by atoms with Gasteiger partial charge in [-0.25, -0.2) is 8.78 Å². The van der Waals surface area contributed by atoms with Crippen LogP contribution in [0.25, 0.3) is 0 Å². The van der Waals surface area contributed by atoms with Crippen molar-refractivity contribution in [3.8, 4) is 0 Å². The summed E-state index contributed by atoms with van der Waals surface area (Å²) in [5.74, 6) is -0.678. The lowest BCUT2D eigenvalue weighted by molar-refractivity contribution is 0.276. The Morgan fingerprint density at radius 3 is 2.26 bits per heavy atom. The summed E-state index contributed by atoms with van der Waals surface area (Å²) in [6.45, 7) is -0.165. The lowest BCUT2D eigenvalue weighted by Crippen LogP contribution is -2.15. The third-order valence-corrected chi connectivity index (χ3v) is 3.39. The second-order valence-corrected chi connectivity index (χ2v) is 4.91. The number of anilines is 1. The van der Waals surface area contributed by atoms with Gasteiger partial charge in [-0.3, -0.25) is 0 Å². The summed E-state index contributed by atoms with van der Waals surface area (Å²) in [7, 11) is 0. The van der Waals surface area contributed by atoms with Gasteiger partial charge in [0.2, 0.25) is 0 Å². The quantitative estimate of drug-likeness (QED) is 0.893. The molecule has 0 aliphatic carbocycles. The van der Waals surface area contributed by atoms with Gasteiger partial charge < -0.3 is 10.4 Å². The maximum atomic E-state index is 13.0. The van der Waals surface area contributed by atoms with E-state index in [1.807, 2.05) is 0 Å². The molecule has 0 spiro atoms. The van der Waals surface area contributed by atoms with E-state index in [1.165, 1.54) is 24.3 Å². The third kappa shape index (κ3) is 3.52. The van der Waals surface area contributed by atoms with Crippen molar-refractivity contribution < 1.29 is 13.9 Å². The zero-order valence-electron chi connectivity index (χ0n) is 9.91. The van der Waals surface area contributed by atoms with Crippen molar-refractivity contribution in [2.45, 2.75) is 6.04 Å². The lowest BCUT2D eigenvalue weighted by atomic mass is 10.1. The smallest absolute Gasteiger partial charge is 0.124 e. The van der Waals surface area contributed by atoms with Crippen LogP contribution >= 0.6 is 15.9 Å². The summed E-state index contributed by atoms with van der Waals surface area (Å²) >= 11 is 3.26.